The molecule has 0 spiro atoms. The fourth-order valence-electron chi connectivity index (χ4n) is 2.38. The van der Waals surface area contributed by atoms with Gasteiger partial charge >= 0.3 is 0 Å². The third-order valence-electron chi connectivity index (χ3n) is 3.32. The first-order chi connectivity index (χ1) is 9.86. The van der Waals surface area contributed by atoms with Gasteiger partial charge in [0.15, 0.2) is 0 Å². The highest BCUT2D eigenvalue weighted by molar-refractivity contribution is 6.25. The molecule has 102 valence electrons. The van der Waals surface area contributed by atoms with Crippen molar-refractivity contribution in [3.05, 3.63) is 29.3 Å². The van der Waals surface area contributed by atoms with Gasteiger partial charge in [-0.25, -0.2) is 0 Å². The third kappa shape index (κ3) is 1.59. The van der Waals surface area contributed by atoms with Gasteiger partial charge in [-0.3, -0.25) is 29.4 Å². The molecule has 4 amide bonds. The van der Waals surface area contributed by atoms with Gasteiger partial charge in [-0.05, 0) is 18.6 Å². The molecule has 2 aliphatic rings. The first-order valence-electron chi connectivity index (χ1n) is 6.48. The molecular formula is C13H11N3O4. The lowest BCUT2D eigenvalue weighted by atomic mass is 10.0. The summed E-state index contributed by atoms with van der Waals surface area (Å²) in [7, 11) is 0. The van der Waals surface area contributed by atoms with Crippen molar-refractivity contribution in [3.8, 4) is 0 Å². The van der Waals surface area contributed by atoms with Crippen LogP contribution in [0.4, 0.5) is 5.69 Å². The van der Waals surface area contributed by atoms with E-state index in [-0.39, 0.29) is 29.7 Å². The predicted octanol–water partition coefficient (Wildman–Crippen LogP) is -0.330. The van der Waals surface area contributed by atoms with Crippen molar-refractivity contribution in [1.29, 1.82) is 0 Å². The number of nitrogens with zero attached hydrogens (tertiary/aromatic N) is 1. The maximum absolute atomic E-state index is 12.4. The zero-order valence-electron chi connectivity index (χ0n) is 11.3. The van der Waals surface area contributed by atoms with E-state index in [9.17, 15) is 19.2 Å². The summed E-state index contributed by atoms with van der Waals surface area (Å²) in [6, 6.07) is 2.27. The van der Waals surface area contributed by atoms with Gasteiger partial charge in [0.1, 0.15) is 6.02 Å². The molecule has 3 rings (SSSR count). The van der Waals surface area contributed by atoms with E-state index < -0.39 is 29.6 Å². The summed E-state index contributed by atoms with van der Waals surface area (Å²) in [5.41, 5.74) is 5.88. The highest BCUT2D eigenvalue weighted by Crippen LogP contribution is 2.30. The second kappa shape index (κ2) is 4.16. The van der Waals surface area contributed by atoms with Crippen molar-refractivity contribution in [3.63, 3.8) is 0 Å². The maximum atomic E-state index is 12.4. The largest absolute Gasteiger partial charge is 0.398 e. The molecule has 1 aromatic carbocycles. The van der Waals surface area contributed by atoms with Crippen LogP contribution in [0.25, 0.3) is 0 Å². The van der Waals surface area contributed by atoms with Crippen LogP contribution in [0.2, 0.25) is 0 Å². The smallest absolute Gasteiger partial charge is 0.264 e. The van der Waals surface area contributed by atoms with E-state index in [0.29, 0.717) is 4.90 Å². The second-order valence-corrected chi connectivity index (χ2v) is 4.54. The SMILES string of the molecule is [2H][C@]1(N2C(=O)c3cccc(N)c3C2=O)CCC(=O)NC1=O. The van der Waals surface area contributed by atoms with Crippen LogP contribution in [-0.4, -0.2) is 34.5 Å². The molecule has 1 fully saturated rings. The third-order valence-corrected chi connectivity index (χ3v) is 3.32. The van der Waals surface area contributed by atoms with Gasteiger partial charge in [-0.1, -0.05) is 6.07 Å². The molecule has 0 aromatic heterocycles. The first-order valence-corrected chi connectivity index (χ1v) is 5.98. The van der Waals surface area contributed by atoms with Crippen molar-refractivity contribution in [2.75, 3.05) is 5.73 Å². The molecule has 3 N–H and O–H groups in total. The number of benzene rings is 1. The Labute approximate surface area is 115 Å². The van der Waals surface area contributed by atoms with Gasteiger partial charge in [0.05, 0.1) is 12.5 Å². The van der Waals surface area contributed by atoms with Gasteiger partial charge in [0, 0.05) is 12.1 Å². The summed E-state index contributed by atoms with van der Waals surface area (Å²) >= 11 is 0. The Morgan fingerprint density at radius 1 is 1.25 bits per heavy atom. The van der Waals surface area contributed by atoms with Crippen LogP contribution >= 0.6 is 0 Å². The Kier molecular flexibility index (Phi) is 2.32. The Bertz CT molecular complexity index is 717. The lowest BCUT2D eigenvalue weighted by Gasteiger charge is -2.27. The molecule has 1 aromatic rings. The number of nitrogen functional groups attached to an aromatic ring is 1. The van der Waals surface area contributed by atoms with Gasteiger partial charge in [0.2, 0.25) is 11.8 Å². The van der Waals surface area contributed by atoms with Crippen molar-refractivity contribution in [2.45, 2.75) is 18.9 Å². The standard InChI is InChI=1S/C13H11N3O4/c14-7-3-1-2-6-10(7)13(20)16(12(6)19)8-4-5-9(17)15-11(8)18/h1-3,8H,4-5,14H2,(H,15,17,18)/t8-/m0/s1/i8D. The number of rotatable bonds is 1. The number of anilines is 1. The molecule has 1 saturated heterocycles. The van der Waals surface area contributed by atoms with Crippen LogP contribution in [0.5, 0.6) is 0 Å². The molecular weight excluding hydrogens is 262 g/mol. The molecule has 7 heteroatoms. The summed E-state index contributed by atoms with van der Waals surface area (Å²) < 4.78 is 8.20. The van der Waals surface area contributed by atoms with Crippen LogP contribution < -0.4 is 11.1 Å². The molecule has 0 bridgehead atoms. The highest BCUT2D eigenvalue weighted by atomic mass is 16.2. The lowest BCUT2D eigenvalue weighted by Crippen LogP contribution is -2.54. The van der Waals surface area contributed by atoms with Crippen LogP contribution in [0.1, 0.15) is 34.9 Å². The monoisotopic (exact) mass is 274 g/mol. The van der Waals surface area contributed by atoms with Crippen LogP contribution in [0, 0.1) is 0 Å². The summed E-state index contributed by atoms with van der Waals surface area (Å²) in [4.78, 5) is 48.5. The number of hydrogen-bond acceptors (Lipinski definition) is 5. The van der Waals surface area contributed by atoms with Gasteiger partial charge < -0.3 is 5.73 Å². The van der Waals surface area contributed by atoms with Crippen LogP contribution in [0.3, 0.4) is 0 Å². The number of carbonyl (C=O) groups is 4. The van der Waals surface area contributed by atoms with E-state index in [1.165, 1.54) is 18.2 Å². The van der Waals surface area contributed by atoms with Crippen molar-refractivity contribution >= 4 is 29.3 Å². The molecule has 0 unspecified atom stereocenters. The molecule has 20 heavy (non-hydrogen) atoms. The topological polar surface area (TPSA) is 110 Å². The molecule has 7 nitrogen and oxygen atoms in total. The number of piperidine rings is 1. The minimum Gasteiger partial charge on any atom is -0.398 e. The molecule has 0 radical (unpaired) electrons. The molecule has 2 aliphatic heterocycles. The Morgan fingerprint density at radius 3 is 2.65 bits per heavy atom. The van der Waals surface area contributed by atoms with E-state index in [4.69, 9.17) is 7.10 Å². The fourth-order valence-corrected chi connectivity index (χ4v) is 2.38. The zero-order valence-corrected chi connectivity index (χ0v) is 10.3. The minimum atomic E-state index is -2.13. The predicted molar refractivity (Wildman–Crippen MR) is 67.5 cm³/mol. The number of nitrogens with one attached hydrogen (secondary N) is 1. The van der Waals surface area contributed by atoms with Gasteiger partial charge in [0.25, 0.3) is 11.8 Å². The average Bonchev–Trinajstić information content (AvgIpc) is 2.68. The number of amides is 4. The maximum Gasteiger partial charge on any atom is 0.264 e. The number of imide groups is 2. The Morgan fingerprint density at radius 2 is 2.00 bits per heavy atom. The van der Waals surface area contributed by atoms with E-state index in [1.807, 2.05) is 5.32 Å². The molecule has 2 heterocycles. The minimum absolute atomic E-state index is 0.00109. The van der Waals surface area contributed by atoms with E-state index in [0.717, 1.165) is 0 Å². The quantitative estimate of drug-likeness (QED) is 0.538. The number of nitrogens with two attached hydrogens (primary N) is 1. The zero-order chi connectivity index (χ0) is 15.4. The number of carbonyl (C=O) groups excluding carboxylic acids is 4. The van der Waals surface area contributed by atoms with Crippen molar-refractivity contribution < 1.29 is 20.5 Å². The summed E-state index contributed by atoms with van der Waals surface area (Å²) in [5.74, 6) is -3.04. The lowest BCUT2D eigenvalue weighted by molar-refractivity contribution is -0.136. The summed E-state index contributed by atoms with van der Waals surface area (Å²) in [6.07, 6.45) is -0.346. The second-order valence-electron chi connectivity index (χ2n) is 4.54. The molecule has 0 saturated carbocycles. The Balaban J connectivity index is 2.08. The van der Waals surface area contributed by atoms with E-state index in [1.54, 1.807) is 0 Å². The van der Waals surface area contributed by atoms with E-state index in [2.05, 4.69) is 0 Å². The fraction of sp³-hybridized carbons (Fsp3) is 0.231. The average molecular weight is 274 g/mol. The molecule has 1 atom stereocenters. The Hall–Kier alpha value is -2.70. The van der Waals surface area contributed by atoms with Gasteiger partial charge in [-0.15, -0.1) is 0 Å². The normalized spacial score (nSPS) is 26.4. The van der Waals surface area contributed by atoms with Crippen LogP contribution in [-0.2, 0) is 9.59 Å². The molecule has 0 aliphatic carbocycles. The van der Waals surface area contributed by atoms with Crippen LogP contribution in [0.15, 0.2) is 18.2 Å². The summed E-state index contributed by atoms with van der Waals surface area (Å²) in [6.45, 7) is 0. The first kappa shape index (κ1) is 11.2. The summed E-state index contributed by atoms with van der Waals surface area (Å²) in [5, 5.41) is 1.99. The van der Waals surface area contributed by atoms with Gasteiger partial charge in [-0.2, -0.15) is 0 Å². The van der Waals surface area contributed by atoms with E-state index >= 15 is 0 Å². The van der Waals surface area contributed by atoms with Crippen molar-refractivity contribution in [2.24, 2.45) is 0 Å². The number of fused-ring (bicyclic) bond motifs is 1. The van der Waals surface area contributed by atoms with Crippen molar-refractivity contribution in [1.82, 2.24) is 10.2 Å². The number of hydrogen-bond donors (Lipinski definition) is 2. The highest BCUT2D eigenvalue weighted by Gasteiger charge is 2.45.